The molecule has 8 nitrogen and oxygen atoms in total. The Balaban J connectivity index is 1.68. The van der Waals surface area contributed by atoms with Gasteiger partial charge in [-0.3, -0.25) is 4.79 Å². The third-order valence-corrected chi connectivity index (χ3v) is 6.36. The lowest BCUT2D eigenvalue weighted by molar-refractivity contribution is 0.230. The molecule has 2 aromatic heterocycles. The highest BCUT2D eigenvalue weighted by Gasteiger charge is 2.18. The lowest BCUT2D eigenvalue weighted by Gasteiger charge is -2.15. The number of fused-ring (bicyclic) bond motifs is 2. The molecule has 0 fully saturated rings. The van der Waals surface area contributed by atoms with E-state index in [0.29, 0.717) is 45.1 Å². The molecule has 5 aromatic rings. The van der Waals surface area contributed by atoms with Crippen molar-refractivity contribution in [2.45, 2.75) is 20.0 Å². The number of hydrogen-bond donors (Lipinski definition) is 0. The molecule has 0 radical (unpaired) electrons. The number of ether oxygens (including phenoxy) is 3. The van der Waals surface area contributed by atoms with Gasteiger partial charge in [0.15, 0.2) is 17.3 Å². The molecule has 0 unspecified atom stereocenters. The lowest BCUT2D eigenvalue weighted by atomic mass is 10.2. The monoisotopic (exact) mass is 561 g/mol. The Morgan fingerprint density at radius 1 is 0.973 bits per heavy atom. The van der Waals surface area contributed by atoms with E-state index in [2.05, 4.69) is 21.0 Å². The number of furan rings is 1. The predicted molar refractivity (Wildman–Crippen MR) is 147 cm³/mol. The van der Waals surface area contributed by atoms with Gasteiger partial charge in [-0.2, -0.15) is 9.78 Å². The van der Waals surface area contributed by atoms with Crippen LogP contribution in [0.5, 0.6) is 17.2 Å². The van der Waals surface area contributed by atoms with E-state index in [9.17, 15) is 4.79 Å². The topological polar surface area (TPSA) is 88.1 Å². The Morgan fingerprint density at radius 2 is 1.76 bits per heavy atom. The minimum Gasteiger partial charge on any atom is -0.496 e. The first-order chi connectivity index (χ1) is 17.9. The second-order valence-corrected chi connectivity index (χ2v) is 9.34. The van der Waals surface area contributed by atoms with Gasteiger partial charge in [0.1, 0.15) is 11.3 Å². The van der Waals surface area contributed by atoms with Crippen molar-refractivity contribution in [3.05, 3.63) is 81.1 Å². The van der Waals surface area contributed by atoms with Gasteiger partial charge in [0.25, 0.3) is 5.56 Å². The van der Waals surface area contributed by atoms with E-state index in [1.54, 1.807) is 50.8 Å². The molecule has 188 valence electrons. The normalized spacial score (nSPS) is 11.6. The number of benzene rings is 3. The second kappa shape index (κ2) is 10.1. The lowest BCUT2D eigenvalue weighted by Crippen LogP contribution is -2.20. The molecule has 0 aliphatic rings. The summed E-state index contributed by atoms with van der Waals surface area (Å²) in [6.07, 6.45) is 1.55. The van der Waals surface area contributed by atoms with Crippen molar-refractivity contribution < 1.29 is 18.6 Å². The molecule has 0 bridgehead atoms. The molecule has 5 rings (SSSR count). The maximum Gasteiger partial charge on any atom is 0.282 e. The zero-order chi connectivity index (χ0) is 26.1. The summed E-state index contributed by atoms with van der Waals surface area (Å²) in [7, 11) is 3.17. The van der Waals surface area contributed by atoms with Gasteiger partial charge in [0.2, 0.25) is 5.82 Å². The summed E-state index contributed by atoms with van der Waals surface area (Å²) >= 11 is 3.57. The zero-order valence-electron chi connectivity index (χ0n) is 20.7. The highest BCUT2D eigenvalue weighted by Crippen LogP contribution is 2.35. The van der Waals surface area contributed by atoms with Gasteiger partial charge in [-0.15, -0.1) is 0 Å². The molecule has 9 heteroatoms. The van der Waals surface area contributed by atoms with E-state index in [1.807, 2.05) is 44.2 Å². The van der Waals surface area contributed by atoms with E-state index >= 15 is 0 Å². The van der Waals surface area contributed by atoms with E-state index in [4.69, 9.17) is 23.6 Å². The van der Waals surface area contributed by atoms with Crippen molar-refractivity contribution >= 4 is 44.0 Å². The highest BCUT2D eigenvalue weighted by molar-refractivity contribution is 9.10. The Bertz CT molecular complexity index is 1700. The SMILES string of the molecule is COc1cc(C=Nn2c(-c3cc4c(OC)cccc4o3)nc3ccccc3c2=O)c(Br)cc1OC(C)C. The maximum atomic E-state index is 13.6. The summed E-state index contributed by atoms with van der Waals surface area (Å²) in [6, 6.07) is 18.0. The van der Waals surface area contributed by atoms with Crippen LogP contribution in [-0.4, -0.2) is 36.2 Å². The third-order valence-electron chi connectivity index (χ3n) is 5.67. The second-order valence-electron chi connectivity index (χ2n) is 8.49. The van der Waals surface area contributed by atoms with Gasteiger partial charge in [0, 0.05) is 10.0 Å². The number of nitrogens with zero attached hydrogens (tertiary/aromatic N) is 3. The van der Waals surface area contributed by atoms with E-state index in [-0.39, 0.29) is 17.5 Å². The number of aromatic nitrogens is 2. The van der Waals surface area contributed by atoms with Crippen LogP contribution in [0.15, 0.2) is 79.4 Å². The Kier molecular flexibility index (Phi) is 6.71. The number of rotatable bonds is 7. The molecule has 37 heavy (non-hydrogen) atoms. The first-order valence-corrected chi connectivity index (χ1v) is 12.4. The fraction of sp³-hybridized carbons (Fsp3) is 0.179. The number of methoxy groups -OCH3 is 2. The molecule has 0 atom stereocenters. The molecule has 0 spiro atoms. The fourth-order valence-electron chi connectivity index (χ4n) is 3.99. The van der Waals surface area contributed by atoms with E-state index in [0.717, 1.165) is 9.86 Å². The fourth-order valence-corrected chi connectivity index (χ4v) is 4.41. The summed E-state index contributed by atoms with van der Waals surface area (Å²) in [6.45, 7) is 3.88. The minimum absolute atomic E-state index is 0.0208. The van der Waals surface area contributed by atoms with E-state index in [1.165, 1.54) is 4.68 Å². The van der Waals surface area contributed by atoms with Gasteiger partial charge >= 0.3 is 0 Å². The average molecular weight is 562 g/mol. The summed E-state index contributed by atoms with van der Waals surface area (Å²) in [5.41, 5.74) is 1.51. The maximum absolute atomic E-state index is 13.6. The highest BCUT2D eigenvalue weighted by atomic mass is 79.9. The number of hydrogen-bond acceptors (Lipinski definition) is 7. The molecule has 0 saturated heterocycles. The number of halogens is 1. The van der Waals surface area contributed by atoms with Crippen molar-refractivity contribution in [1.82, 2.24) is 9.66 Å². The zero-order valence-corrected chi connectivity index (χ0v) is 22.3. The molecule has 0 N–H and O–H groups in total. The quantitative estimate of drug-likeness (QED) is 0.218. The third kappa shape index (κ3) is 4.70. The summed E-state index contributed by atoms with van der Waals surface area (Å²) < 4.78 is 24.9. The van der Waals surface area contributed by atoms with Crippen molar-refractivity contribution in [3.63, 3.8) is 0 Å². The molecule has 2 heterocycles. The summed E-state index contributed by atoms with van der Waals surface area (Å²) in [5, 5.41) is 5.75. The van der Waals surface area contributed by atoms with Crippen molar-refractivity contribution in [3.8, 4) is 28.8 Å². The molecule has 0 aliphatic carbocycles. The van der Waals surface area contributed by atoms with Crippen LogP contribution in [-0.2, 0) is 0 Å². The molecular formula is C28H24BrN3O5. The van der Waals surface area contributed by atoms with Crippen LogP contribution in [0.2, 0.25) is 0 Å². The largest absolute Gasteiger partial charge is 0.496 e. The Labute approximate surface area is 221 Å². The van der Waals surface area contributed by atoms with Crippen LogP contribution >= 0.6 is 15.9 Å². The minimum atomic E-state index is -0.327. The molecule has 0 amide bonds. The Hall–Kier alpha value is -4.11. The van der Waals surface area contributed by atoms with Gasteiger partial charge in [0.05, 0.1) is 42.8 Å². The van der Waals surface area contributed by atoms with Crippen molar-refractivity contribution in [1.29, 1.82) is 0 Å². The smallest absolute Gasteiger partial charge is 0.282 e. The Morgan fingerprint density at radius 3 is 2.51 bits per heavy atom. The van der Waals surface area contributed by atoms with E-state index < -0.39 is 0 Å². The van der Waals surface area contributed by atoms with Gasteiger partial charge in [-0.25, -0.2) is 4.98 Å². The first kappa shape index (κ1) is 24.6. The molecular weight excluding hydrogens is 538 g/mol. The molecule has 0 aliphatic heterocycles. The van der Waals surface area contributed by atoms with Gasteiger partial charge in [-0.05, 0) is 72.2 Å². The standard InChI is InChI=1S/C28H24BrN3O5/c1-16(2)36-25-14-20(29)17(12-24(25)35-4)15-30-32-27(31-21-9-6-5-8-18(21)28(32)33)26-13-19-22(34-3)10-7-11-23(19)37-26/h5-16H,1-4H3. The van der Waals surface area contributed by atoms with Gasteiger partial charge < -0.3 is 18.6 Å². The first-order valence-electron chi connectivity index (χ1n) is 11.6. The van der Waals surface area contributed by atoms with Crippen LogP contribution in [0.4, 0.5) is 0 Å². The van der Waals surface area contributed by atoms with Crippen LogP contribution in [0, 0.1) is 0 Å². The summed E-state index contributed by atoms with van der Waals surface area (Å²) in [4.78, 5) is 18.3. The summed E-state index contributed by atoms with van der Waals surface area (Å²) in [5.74, 6) is 2.46. The predicted octanol–water partition coefficient (Wildman–Crippen LogP) is 6.26. The van der Waals surface area contributed by atoms with Crippen molar-refractivity contribution in [2.24, 2.45) is 5.10 Å². The van der Waals surface area contributed by atoms with Crippen LogP contribution in [0.3, 0.4) is 0 Å². The van der Waals surface area contributed by atoms with Crippen LogP contribution in [0.1, 0.15) is 19.4 Å². The van der Waals surface area contributed by atoms with Crippen LogP contribution < -0.4 is 19.8 Å². The molecule has 0 saturated carbocycles. The number of para-hydroxylation sites is 1. The van der Waals surface area contributed by atoms with Crippen molar-refractivity contribution in [2.75, 3.05) is 14.2 Å². The average Bonchev–Trinajstić information content (AvgIpc) is 3.33. The molecule has 3 aromatic carbocycles. The van der Waals surface area contributed by atoms with Gasteiger partial charge in [-0.1, -0.05) is 18.2 Å². The van der Waals surface area contributed by atoms with Crippen LogP contribution in [0.25, 0.3) is 33.5 Å².